The maximum Gasteiger partial charge on any atom is 0.240 e. The number of imidazole rings is 1. The van der Waals surface area contributed by atoms with E-state index in [0.717, 1.165) is 27.7 Å². The van der Waals surface area contributed by atoms with Crippen LogP contribution < -0.4 is 15.0 Å². The van der Waals surface area contributed by atoms with Crippen LogP contribution in [0.1, 0.15) is 16.8 Å². The molecule has 7 nitrogen and oxygen atoms in total. The molecule has 5 rings (SSSR count). The Morgan fingerprint density at radius 2 is 2.00 bits per heavy atom. The number of nitrogens with one attached hydrogen (secondary N) is 1. The average molecular weight is 460 g/mol. The zero-order valence-corrected chi connectivity index (χ0v) is 18.8. The van der Waals surface area contributed by atoms with E-state index in [2.05, 4.69) is 16.4 Å². The third kappa shape index (κ3) is 4.40. The molecule has 0 saturated heterocycles. The maximum absolute atomic E-state index is 12.9. The van der Waals surface area contributed by atoms with Crippen LogP contribution in [0, 0.1) is 11.3 Å². The summed E-state index contributed by atoms with van der Waals surface area (Å²) < 4.78 is 8.18. The van der Waals surface area contributed by atoms with Crippen LogP contribution in [-0.2, 0) is 17.9 Å². The Labute approximate surface area is 197 Å². The van der Waals surface area contributed by atoms with E-state index in [1.165, 1.54) is 0 Å². The minimum absolute atomic E-state index is 0. The number of aromatic nitrogens is 2. The van der Waals surface area contributed by atoms with Gasteiger partial charge >= 0.3 is 0 Å². The molecule has 0 spiro atoms. The topological polar surface area (TPSA) is 83.2 Å². The SMILES string of the molecule is CN1C(=O)CNCc2cncn2Cc2ccc(C#N)c(c2)Oc2ccc3cccc1c3c2.Cl. The predicted molar refractivity (Wildman–Crippen MR) is 129 cm³/mol. The average Bonchev–Trinajstić information content (AvgIpc) is 3.24. The van der Waals surface area contributed by atoms with Crippen molar-refractivity contribution in [2.24, 2.45) is 0 Å². The number of anilines is 1. The Morgan fingerprint density at radius 1 is 1.12 bits per heavy atom. The van der Waals surface area contributed by atoms with Gasteiger partial charge in [0.05, 0.1) is 29.8 Å². The van der Waals surface area contributed by atoms with Crippen molar-refractivity contribution in [2.75, 3.05) is 18.5 Å². The first-order chi connectivity index (χ1) is 15.6. The van der Waals surface area contributed by atoms with Gasteiger partial charge in [0, 0.05) is 31.7 Å². The molecule has 0 fully saturated rings. The molecule has 0 saturated carbocycles. The summed E-state index contributed by atoms with van der Waals surface area (Å²) in [4.78, 5) is 18.8. The molecule has 0 radical (unpaired) electrons. The fourth-order valence-electron chi connectivity index (χ4n) is 3.94. The van der Waals surface area contributed by atoms with Gasteiger partial charge in [-0.1, -0.05) is 24.3 Å². The van der Waals surface area contributed by atoms with Gasteiger partial charge in [0.15, 0.2) is 0 Å². The van der Waals surface area contributed by atoms with E-state index in [1.807, 2.05) is 53.1 Å². The first kappa shape index (κ1) is 22.3. The van der Waals surface area contributed by atoms with Crippen molar-refractivity contribution in [3.63, 3.8) is 0 Å². The van der Waals surface area contributed by atoms with Gasteiger partial charge in [0.2, 0.25) is 5.91 Å². The number of nitriles is 1. The molecule has 3 aromatic carbocycles. The monoisotopic (exact) mass is 459 g/mol. The lowest BCUT2D eigenvalue weighted by Gasteiger charge is -2.21. The molecule has 8 heteroatoms. The first-order valence-corrected chi connectivity index (χ1v) is 10.3. The summed E-state index contributed by atoms with van der Waals surface area (Å²) in [7, 11) is 1.77. The van der Waals surface area contributed by atoms with Crippen molar-refractivity contribution in [1.29, 1.82) is 5.26 Å². The molecule has 166 valence electrons. The van der Waals surface area contributed by atoms with Crippen LogP contribution >= 0.6 is 12.4 Å². The Kier molecular flexibility index (Phi) is 6.31. The smallest absolute Gasteiger partial charge is 0.240 e. The molecular formula is C25H22ClN5O2. The lowest BCUT2D eigenvalue weighted by molar-refractivity contribution is -0.117. The number of hydrogen-bond acceptors (Lipinski definition) is 5. The number of ether oxygens (including phenoxy) is 1. The zero-order valence-electron chi connectivity index (χ0n) is 18.0. The van der Waals surface area contributed by atoms with Gasteiger partial charge in [-0.2, -0.15) is 5.26 Å². The van der Waals surface area contributed by atoms with Crippen LogP contribution in [0.15, 0.2) is 67.1 Å². The van der Waals surface area contributed by atoms with E-state index >= 15 is 0 Å². The second-order valence-corrected chi connectivity index (χ2v) is 7.77. The Hall–Kier alpha value is -3.86. The maximum atomic E-state index is 12.9. The van der Waals surface area contributed by atoms with E-state index in [9.17, 15) is 10.1 Å². The van der Waals surface area contributed by atoms with E-state index in [1.54, 1.807) is 30.5 Å². The minimum atomic E-state index is -0.0426. The van der Waals surface area contributed by atoms with Gasteiger partial charge in [-0.05, 0) is 41.3 Å². The molecule has 0 aliphatic carbocycles. The number of likely N-dealkylation sites (N-methyl/N-ethyl adjacent to an activating group) is 1. The number of carbonyl (C=O) groups excluding carboxylic acids is 1. The van der Waals surface area contributed by atoms with Gasteiger partial charge in [-0.15, -0.1) is 12.4 Å². The highest BCUT2D eigenvalue weighted by Crippen LogP contribution is 2.33. The predicted octanol–water partition coefficient (Wildman–Crippen LogP) is 4.24. The number of nitrogens with zero attached hydrogens (tertiary/aromatic N) is 4. The fraction of sp³-hybridized carbons (Fsp3) is 0.160. The van der Waals surface area contributed by atoms with Crippen LogP contribution in [0.3, 0.4) is 0 Å². The van der Waals surface area contributed by atoms with Gasteiger partial charge in [0.25, 0.3) is 0 Å². The van der Waals surface area contributed by atoms with E-state index in [-0.39, 0.29) is 24.9 Å². The lowest BCUT2D eigenvalue weighted by atomic mass is 10.1. The van der Waals surface area contributed by atoms with Crippen molar-refractivity contribution < 1.29 is 9.53 Å². The van der Waals surface area contributed by atoms with Crippen molar-refractivity contribution in [3.05, 3.63) is 83.9 Å². The van der Waals surface area contributed by atoms with Gasteiger partial charge in [-0.3, -0.25) is 4.79 Å². The number of halogens is 1. The molecule has 0 unspecified atom stereocenters. The number of hydrogen-bond donors (Lipinski definition) is 1. The number of benzene rings is 3. The summed E-state index contributed by atoms with van der Waals surface area (Å²) in [6.07, 6.45) is 3.55. The molecule has 1 aromatic heterocycles. The van der Waals surface area contributed by atoms with E-state index in [4.69, 9.17) is 4.74 Å². The van der Waals surface area contributed by atoms with Crippen molar-refractivity contribution in [3.8, 4) is 17.6 Å². The summed E-state index contributed by atoms with van der Waals surface area (Å²) in [5.41, 5.74) is 3.21. The molecule has 1 aliphatic heterocycles. The summed E-state index contributed by atoms with van der Waals surface area (Å²) in [6, 6.07) is 19.4. The van der Waals surface area contributed by atoms with E-state index < -0.39 is 0 Å². The lowest BCUT2D eigenvalue weighted by Crippen LogP contribution is -2.35. The van der Waals surface area contributed by atoms with E-state index in [0.29, 0.717) is 30.2 Å². The zero-order chi connectivity index (χ0) is 22.1. The van der Waals surface area contributed by atoms with Crippen LogP contribution in [0.25, 0.3) is 10.8 Å². The molecule has 0 atom stereocenters. The van der Waals surface area contributed by atoms with Crippen molar-refractivity contribution in [2.45, 2.75) is 13.1 Å². The molecule has 33 heavy (non-hydrogen) atoms. The summed E-state index contributed by atoms with van der Waals surface area (Å²) in [5.74, 6) is 1.06. The quantitative estimate of drug-likeness (QED) is 0.425. The first-order valence-electron chi connectivity index (χ1n) is 10.3. The Balaban J connectivity index is 0.00000259. The summed E-state index contributed by atoms with van der Waals surface area (Å²) in [6.45, 7) is 1.29. The van der Waals surface area contributed by atoms with Crippen LogP contribution in [0.5, 0.6) is 11.5 Å². The standard InChI is InChI=1S/C25H21N5O2.ClH/c1-29-23-4-2-3-18-7-8-21(10-22(18)23)32-24-9-17(5-6-19(24)11-26)15-30-16-28-13-20(30)12-27-14-25(29)31;/h2-10,13,16,27H,12,14-15H2,1H3;1H. The fourth-order valence-corrected chi connectivity index (χ4v) is 3.94. The summed E-state index contributed by atoms with van der Waals surface area (Å²) in [5, 5.41) is 14.7. The normalized spacial score (nSPS) is 13.7. The molecule has 4 aromatic rings. The van der Waals surface area contributed by atoms with Crippen molar-refractivity contribution in [1.82, 2.24) is 14.9 Å². The third-order valence-corrected chi connectivity index (χ3v) is 5.69. The van der Waals surface area contributed by atoms with Crippen LogP contribution in [0.4, 0.5) is 5.69 Å². The third-order valence-electron chi connectivity index (χ3n) is 5.69. The number of rotatable bonds is 0. The molecule has 4 bridgehead atoms. The molecule has 1 N–H and O–H groups in total. The molecule has 1 amide bonds. The number of amides is 1. The highest BCUT2D eigenvalue weighted by molar-refractivity contribution is 6.04. The molecule has 1 aliphatic rings. The minimum Gasteiger partial charge on any atom is -0.456 e. The van der Waals surface area contributed by atoms with Gasteiger partial charge in [0.1, 0.15) is 17.6 Å². The highest BCUT2D eigenvalue weighted by atomic mass is 35.5. The van der Waals surface area contributed by atoms with Crippen molar-refractivity contribution >= 4 is 34.8 Å². The van der Waals surface area contributed by atoms with Crippen LogP contribution in [0.2, 0.25) is 0 Å². The molecular weight excluding hydrogens is 438 g/mol. The number of fused-ring (bicyclic) bond motifs is 4. The van der Waals surface area contributed by atoms with Gasteiger partial charge < -0.3 is 19.5 Å². The largest absolute Gasteiger partial charge is 0.456 e. The highest BCUT2D eigenvalue weighted by Gasteiger charge is 2.16. The molecule has 2 heterocycles. The number of carbonyl (C=O) groups is 1. The second kappa shape index (κ2) is 9.33. The second-order valence-electron chi connectivity index (χ2n) is 7.77. The Bertz CT molecular complexity index is 1370. The van der Waals surface area contributed by atoms with Crippen LogP contribution in [-0.4, -0.2) is 29.1 Å². The van der Waals surface area contributed by atoms with Gasteiger partial charge in [-0.25, -0.2) is 4.98 Å². The summed E-state index contributed by atoms with van der Waals surface area (Å²) >= 11 is 0. The Morgan fingerprint density at radius 3 is 2.85 bits per heavy atom.